The van der Waals surface area contributed by atoms with Gasteiger partial charge >= 0.3 is 5.97 Å². The van der Waals surface area contributed by atoms with E-state index in [-0.39, 0.29) is 11.3 Å². The van der Waals surface area contributed by atoms with Crippen molar-refractivity contribution in [1.29, 1.82) is 0 Å². The lowest BCUT2D eigenvalue weighted by Crippen LogP contribution is -2.07. The van der Waals surface area contributed by atoms with Gasteiger partial charge in [-0.05, 0) is 18.2 Å². The van der Waals surface area contributed by atoms with Crippen LogP contribution in [0.25, 0.3) is 0 Å². The number of methoxy groups -OCH3 is 2. The van der Waals surface area contributed by atoms with Crippen molar-refractivity contribution in [3.63, 3.8) is 0 Å². The fraction of sp³-hybridized carbons (Fsp3) is 0.222. The van der Waals surface area contributed by atoms with Crippen molar-refractivity contribution in [1.82, 2.24) is 0 Å². The Morgan fingerprint density at radius 2 is 1.94 bits per heavy atom. The maximum atomic E-state index is 11.3. The SMILES string of the molecule is COC(=O)c1cc(S(=O)(=O)O)ccc1OC. The Kier molecular flexibility index (Phi) is 3.51. The molecule has 1 aromatic carbocycles. The second kappa shape index (κ2) is 4.50. The van der Waals surface area contributed by atoms with Gasteiger partial charge in [0.05, 0.1) is 19.1 Å². The van der Waals surface area contributed by atoms with E-state index in [4.69, 9.17) is 9.29 Å². The van der Waals surface area contributed by atoms with Gasteiger partial charge in [-0.25, -0.2) is 4.79 Å². The average molecular weight is 246 g/mol. The van der Waals surface area contributed by atoms with Crippen LogP contribution in [0.4, 0.5) is 0 Å². The predicted molar refractivity (Wildman–Crippen MR) is 54.1 cm³/mol. The van der Waals surface area contributed by atoms with E-state index in [1.54, 1.807) is 0 Å². The van der Waals surface area contributed by atoms with Crippen LogP contribution < -0.4 is 4.74 Å². The van der Waals surface area contributed by atoms with E-state index in [1.165, 1.54) is 13.2 Å². The molecule has 0 amide bonds. The topological polar surface area (TPSA) is 89.9 Å². The first-order valence-corrected chi connectivity index (χ1v) is 5.58. The lowest BCUT2D eigenvalue weighted by atomic mass is 10.2. The fourth-order valence-corrected chi connectivity index (χ4v) is 1.62. The van der Waals surface area contributed by atoms with Crippen LogP contribution in [0.15, 0.2) is 23.1 Å². The zero-order valence-corrected chi connectivity index (χ0v) is 9.45. The van der Waals surface area contributed by atoms with Gasteiger partial charge in [0, 0.05) is 0 Å². The van der Waals surface area contributed by atoms with Crippen LogP contribution >= 0.6 is 0 Å². The second-order valence-electron chi connectivity index (χ2n) is 2.83. The van der Waals surface area contributed by atoms with Gasteiger partial charge in [0.15, 0.2) is 0 Å². The summed E-state index contributed by atoms with van der Waals surface area (Å²) in [6.07, 6.45) is 0. The summed E-state index contributed by atoms with van der Waals surface area (Å²) >= 11 is 0. The number of hydrogen-bond acceptors (Lipinski definition) is 5. The minimum absolute atomic E-state index is 0.0693. The molecule has 1 N–H and O–H groups in total. The molecule has 0 aliphatic rings. The summed E-state index contributed by atoms with van der Waals surface area (Å²) in [7, 11) is -1.87. The van der Waals surface area contributed by atoms with Gasteiger partial charge < -0.3 is 9.47 Å². The maximum Gasteiger partial charge on any atom is 0.341 e. The van der Waals surface area contributed by atoms with Gasteiger partial charge in [0.25, 0.3) is 10.1 Å². The third kappa shape index (κ3) is 2.50. The summed E-state index contributed by atoms with van der Waals surface area (Å²) in [4.78, 5) is 10.9. The highest BCUT2D eigenvalue weighted by Gasteiger charge is 2.18. The third-order valence-electron chi connectivity index (χ3n) is 1.87. The number of esters is 1. The van der Waals surface area contributed by atoms with Gasteiger partial charge in [-0.1, -0.05) is 0 Å². The highest BCUT2D eigenvalue weighted by atomic mass is 32.2. The first kappa shape index (κ1) is 12.5. The fourth-order valence-electron chi connectivity index (χ4n) is 1.12. The van der Waals surface area contributed by atoms with Gasteiger partial charge in [-0.2, -0.15) is 8.42 Å². The number of hydrogen-bond donors (Lipinski definition) is 1. The smallest absolute Gasteiger partial charge is 0.341 e. The number of carbonyl (C=O) groups is 1. The van der Waals surface area contributed by atoms with E-state index in [1.807, 2.05) is 0 Å². The Hall–Kier alpha value is -1.60. The lowest BCUT2D eigenvalue weighted by molar-refractivity contribution is 0.0597. The highest BCUT2D eigenvalue weighted by Crippen LogP contribution is 2.22. The maximum absolute atomic E-state index is 11.3. The quantitative estimate of drug-likeness (QED) is 0.624. The molecular formula is C9H10O6S. The summed E-state index contributed by atoms with van der Waals surface area (Å²) in [6, 6.07) is 3.37. The van der Waals surface area contributed by atoms with Gasteiger partial charge in [0.2, 0.25) is 0 Å². The highest BCUT2D eigenvalue weighted by molar-refractivity contribution is 7.85. The Morgan fingerprint density at radius 1 is 1.31 bits per heavy atom. The van der Waals surface area contributed by atoms with E-state index in [9.17, 15) is 13.2 Å². The monoisotopic (exact) mass is 246 g/mol. The second-order valence-corrected chi connectivity index (χ2v) is 4.25. The Balaban J connectivity index is 3.38. The molecule has 0 aliphatic heterocycles. The van der Waals surface area contributed by atoms with E-state index < -0.39 is 21.0 Å². The molecule has 0 aromatic heterocycles. The van der Waals surface area contributed by atoms with Gasteiger partial charge in [-0.3, -0.25) is 4.55 Å². The van der Waals surface area contributed by atoms with E-state index in [0.29, 0.717) is 0 Å². The Morgan fingerprint density at radius 3 is 2.38 bits per heavy atom. The largest absolute Gasteiger partial charge is 0.496 e. The zero-order chi connectivity index (χ0) is 12.3. The molecule has 1 rings (SSSR count). The van der Waals surface area contributed by atoms with Crippen molar-refractivity contribution in [3.8, 4) is 5.75 Å². The Labute approximate surface area is 92.5 Å². The summed E-state index contributed by atoms with van der Waals surface area (Å²) in [5.41, 5.74) is -0.0693. The minimum Gasteiger partial charge on any atom is -0.496 e. The molecule has 0 bridgehead atoms. The molecule has 7 heteroatoms. The van der Waals surface area contributed by atoms with E-state index in [2.05, 4.69) is 4.74 Å². The number of benzene rings is 1. The van der Waals surface area contributed by atoms with Crippen molar-refractivity contribution < 1.29 is 27.2 Å². The molecule has 0 heterocycles. The number of ether oxygens (including phenoxy) is 2. The zero-order valence-electron chi connectivity index (χ0n) is 8.63. The first-order valence-electron chi connectivity index (χ1n) is 4.14. The molecule has 6 nitrogen and oxygen atoms in total. The van der Waals surface area contributed by atoms with Crippen molar-refractivity contribution >= 4 is 16.1 Å². The number of carbonyl (C=O) groups excluding carboxylic acids is 1. The van der Waals surface area contributed by atoms with Crippen molar-refractivity contribution in [2.75, 3.05) is 14.2 Å². The molecule has 0 saturated carbocycles. The molecule has 16 heavy (non-hydrogen) atoms. The molecular weight excluding hydrogens is 236 g/mol. The molecule has 0 spiro atoms. The number of rotatable bonds is 3. The Bertz CT molecular complexity index is 505. The summed E-state index contributed by atoms with van der Waals surface area (Å²) in [5, 5.41) is 0. The molecule has 0 radical (unpaired) electrons. The average Bonchev–Trinajstić information content (AvgIpc) is 2.25. The van der Waals surface area contributed by atoms with Crippen molar-refractivity contribution in [2.24, 2.45) is 0 Å². The van der Waals surface area contributed by atoms with E-state index in [0.717, 1.165) is 19.2 Å². The van der Waals surface area contributed by atoms with Crippen LogP contribution in [-0.4, -0.2) is 33.2 Å². The summed E-state index contributed by atoms with van der Waals surface area (Å²) in [5.74, 6) is -0.582. The van der Waals surface area contributed by atoms with Crippen molar-refractivity contribution in [3.05, 3.63) is 23.8 Å². The van der Waals surface area contributed by atoms with E-state index >= 15 is 0 Å². The van der Waals surface area contributed by atoms with Crippen LogP contribution in [0.5, 0.6) is 5.75 Å². The summed E-state index contributed by atoms with van der Waals surface area (Å²) < 4.78 is 39.8. The first-order chi connectivity index (χ1) is 7.40. The van der Waals surface area contributed by atoms with Crippen LogP contribution in [-0.2, 0) is 14.9 Å². The molecule has 0 saturated heterocycles. The summed E-state index contributed by atoms with van der Waals surface area (Å²) in [6.45, 7) is 0. The van der Waals surface area contributed by atoms with Crippen molar-refractivity contribution in [2.45, 2.75) is 4.90 Å². The van der Waals surface area contributed by atoms with Crippen LogP contribution in [0.1, 0.15) is 10.4 Å². The van der Waals surface area contributed by atoms with Crippen LogP contribution in [0.2, 0.25) is 0 Å². The van der Waals surface area contributed by atoms with Gasteiger partial charge in [-0.15, -0.1) is 0 Å². The molecule has 1 aromatic rings. The normalized spacial score (nSPS) is 10.9. The van der Waals surface area contributed by atoms with Crippen LogP contribution in [0.3, 0.4) is 0 Å². The molecule has 88 valence electrons. The third-order valence-corrected chi connectivity index (χ3v) is 2.72. The predicted octanol–water partition coefficient (Wildman–Crippen LogP) is 0.728. The van der Waals surface area contributed by atoms with Crippen LogP contribution in [0, 0.1) is 0 Å². The minimum atomic E-state index is -4.36. The lowest BCUT2D eigenvalue weighted by Gasteiger charge is -2.07. The molecule has 0 fully saturated rings. The standard InChI is InChI=1S/C9H10O6S/c1-14-8-4-3-6(16(11,12)13)5-7(8)9(10)15-2/h3-5H,1-2H3,(H,11,12,13). The molecule has 0 aliphatic carbocycles. The molecule has 0 atom stereocenters. The van der Waals surface area contributed by atoms with Gasteiger partial charge in [0.1, 0.15) is 11.3 Å². The molecule has 0 unspecified atom stereocenters.